The average molecular weight is 440 g/mol. The minimum absolute atomic E-state index is 0.0187. The first kappa shape index (κ1) is 23.0. The molecule has 170 valence electrons. The molecule has 1 saturated carbocycles. The first-order valence-electron chi connectivity index (χ1n) is 10.4. The average Bonchev–Trinajstić information content (AvgIpc) is 3.39. The van der Waals surface area contributed by atoms with Crippen LogP contribution in [-0.4, -0.2) is 33.8 Å². The second kappa shape index (κ2) is 9.23. The number of ether oxygens (including phenoxy) is 1. The van der Waals surface area contributed by atoms with Gasteiger partial charge >= 0.3 is 6.18 Å². The maximum atomic E-state index is 13.2. The second-order valence-electron chi connectivity index (χ2n) is 8.21. The van der Waals surface area contributed by atoms with Crippen molar-refractivity contribution in [1.29, 1.82) is 0 Å². The van der Waals surface area contributed by atoms with Crippen molar-refractivity contribution in [2.24, 2.45) is 5.92 Å². The molecule has 0 aliphatic heterocycles. The molecule has 1 atom stereocenters. The van der Waals surface area contributed by atoms with E-state index in [-0.39, 0.29) is 11.4 Å². The normalized spacial score (nSPS) is 16.1. The lowest BCUT2D eigenvalue weighted by molar-refractivity contribution is -0.153. The molecule has 1 N–H and O–H groups in total. The molecule has 31 heavy (non-hydrogen) atoms. The number of hydrogen-bond acceptors (Lipinski definition) is 6. The molecule has 1 aliphatic carbocycles. The third kappa shape index (κ3) is 6.18. The van der Waals surface area contributed by atoms with Gasteiger partial charge in [-0.3, -0.25) is 9.78 Å². The summed E-state index contributed by atoms with van der Waals surface area (Å²) in [5.41, 5.74) is -0.470. The van der Waals surface area contributed by atoms with E-state index in [9.17, 15) is 18.0 Å². The summed E-state index contributed by atoms with van der Waals surface area (Å²) in [7, 11) is 0. The Hall–Kier alpha value is -2.65. The predicted molar refractivity (Wildman–Crippen MR) is 106 cm³/mol. The second-order valence-corrected chi connectivity index (χ2v) is 8.21. The number of aryl methyl sites for hydroxylation is 1. The molecule has 1 amide bonds. The summed E-state index contributed by atoms with van der Waals surface area (Å²) in [6.07, 6.45) is 1.41. The quantitative estimate of drug-likeness (QED) is 0.585. The number of carbonyl (C=O) groups is 1. The van der Waals surface area contributed by atoms with Crippen LogP contribution in [0.4, 0.5) is 13.2 Å². The fourth-order valence-corrected chi connectivity index (χ4v) is 3.49. The van der Waals surface area contributed by atoms with Crippen LogP contribution >= 0.6 is 0 Å². The summed E-state index contributed by atoms with van der Waals surface area (Å²) in [5.74, 6) is 0.706. The van der Waals surface area contributed by atoms with Gasteiger partial charge in [0.2, 0.25) is 5.89 Å². The fraction of sp³-hybridized carbons (Fsp3) is 0.619. The Balaban J connectivity index is 1.89. The standard InChI is InChI=1S/C21H27F3N4O3/c1-4-5-6-15-16(30-12-21(22,23)24)9-10-25-17(15)18(29)27-20(3,11-14-7-8-14)19-26-13(2)31-28-19/h9-10,14H,4-8,11-12H2,1-3H3,(H,27,29)/t20-/m1/s1. The summed E-state index contributed by atoms with van der Waals surface area (Å²) in [6, 6.07) is 1.36. The molecule has 0 saturated heterocycles. The zero-order valence-corrected chi connectivity index (χ0v) is 17.9. The van der Waals surface area contributed by atoms with Gasteiger partial charge in [-0.2, -0.15) is 18.2 Å². The Morgan fingerprint density at radius 1 is 1.35 bits per heavy atom. The Morgan fingerprint density at radius 2 is 2.10 bits per heavy atom. The van der Waals surface area contributed by atoms with Gasteiger partial charge in [0.15, 0.2) is 12.4 Å². The molecule has 10 heteroatoms. The molecular formula is C21H27F3N4O3. The molecule has 0 aromatic carbocycles. The van der Waals surface area contributed by atoms with E-state index in [1.54, 1.807) is 6.92 Å². The van der Waals surface area contributed by atoms with Crippen molar-refractivity contribution in [2.75, 3.05) is 6.61 Å². The van der Waals surface area contributed by atoms with Crippen LogP contribution in [-0.2, 0) is 12.0 Å². The van der Waals surface area contributed by atoms with Crippen molar-refractivity contribution >= 4 is 5.91 Å². The molecule has 0 bridgehead atoms. The van der Waals surface area contributed by atoms with Gasteiger partial charge in [-0.25, -0.2) is 0 Å². The number of unbranched alkanes of at least 4 members (excludes halogenated alkanes) is 1. The first-order valence-corrected chi connectivity index (χ1v) is 10.4. The van der Waals surface area contributed by atoms with Crippen LogP contribution in [0.15, 0.2) is 16.8 Å². The molecule has 2 aromatic heterocycles. The molecule has 0 unspecified atom stereocenters. The number of hydrogen-bond donors (Lipinski definition) is 1. The van der Waals surface area contributed by atoms with Gasteiger partial charge in [0.05, 0.1) is 0 Å². The predicted octanol–water partition coefficient (Wildman–Crippen LogP) is 4.50. The number of aromatic nitrogens is 3. The number of amides is 1. The molecule has 1 fully saturated rings. The Bertz CT molecular complexity index is 912. The highest BCUT2D eigenvalue weighted by atomic mass is 19.4. The smallest absolute Gasteiger partial charge is 0.422 e. The van der Waals surface area contributed by atoms with Crippen LogP contribution in [0, 0.1) is 12.8 Å². The summed E-state index contributed by atoms with van der Waals surface area (Å²) in [6.45, 7) is 4.02. The summed E-state index contributed by atoms with van der Waals surface area (Å²) in [4.78, 5) is 21.7. The first-order chi connectivity index (χ1) is 14.6. The van der Waals surface area contributed by atoms with Gasteiger partial charge in [-0.05, 0) is 38.2 Å². The topological polar surface area (TPSA) is 90.1 Å². The van der Waals surface area contributed by atoms with E-state index in [1.165, 1.54) is 12.3 Å². The Morgan fingerprint density at radius 3 is 2.68 bits per heavy atom. The zero-order chi connectivity index (χ0) is 22.6. The van der Waals surface area contributed by atoms with Gasteiger partial charge in [-0.1, -0.05) is 31.3 Å². The van der Waals surface area contributed by atoms with Gasteiger partial charge in [-0.15, -0.1) is 0 Å². The largest absolute Gasteiger partial charge is 0.484 e. The molecule has 7 nitrogen and oxygen atoms in total. The molecule has 2 aromatic rings. The lowest BCUT2D eigenvalue weighted by atomic mass is 9.93. The molecule has 2 heterocycles. The summed E-state index contributed by atoms with van der Waals surface area (Å²) >= 11 is 0. The molecule has 3 rings (SSSR count). The number of pyridine rings is 1. The molecule has 0 radical (unpaired) electrons. The molecular weight excluding hydrogens is 413 g/mol. The summed E-state index contributed by atoms with van der Waals surface area (Å²) in [5, 5.41) is 6.95. The number of nitrogens with one attached hydrogen (secondary N) is 1. The Kier molecular flexibility index (Phi) is 6.86. The van der Waals surface area contributed by atoms with E-state index in [1.807, 2.05) is 13.8 Å². The minimum Gasteiger partial charge on any atom is -0.484 e. The number of alkyl halides is 3. The zero-order valence-electron chi connectivity index (χ0n) is 17.9. The maximum Gasteiger partial charge on any atom is 0.422 e. The van der Waals surface area contributed by atoms with Gasteiger partial charge in [0.25, 0.3) is 5.91 Å². The number of nitrogens with zero attached hydrogens (tertiary/aromatic N) is 3. The summed E-state index contributed by atoms with van der Waals surface area (Å²) < 4.78 is 48.1. The van der Waals surface area contributed by atoms with E-state index in [0.717, 1.165) is 19.3 Å². The van der Waals surface area contributed by atoms with Crippen LogP contribution < -0.4 is 10.1 Å². The van der Waals surface area contributed by atoms with E-state index in [2.05, 4.69) is 20.4 Å². The Labute approximate surface area is 178 Å². The number of halogens is 3. The monoisotopic (exact) mass is 440 g/mol. The number of carbonyl (C=O) groups excluding carboxylic acids is 1. The van der Waals surface area contributed by atoms with Crippen molar-refractivity contribution in [3.63, 3.8) is 0 Å². The van der Waals surface area contributed by atoms with Crippen LogP contribution in [0.25, 0.3) is 0 Å². The van der Waals surface area contributed by atoms with Crippen molar-refractivity contribution in [1.82, 2.24) is 20.4 Å². The lowest BCUT2D eigenvalue weighted by Crippen LogP contribution is -2.45. The van der Waals surface area contributed by atoms with Crippen LogP contribution in [0.5, 0.6) is 5.75 Å². The van der Waals surface area contributed by atoms with Crippen molar-refractivity contribution in [3.8, 4) is 5.75 Å². The van der Waals surface area contributed by atoms with E-state index in [4.69, 9.17) is 9.26 Å². The fourth-order valence-electron chi connectivity index (χ4n) is 3.49. The molecule has 0 spiro atoms. The highest BCUT2D eigenvalue weighted by Crippen LogP contribution is 2.40. The van der Waals surface area contributed by atoms with Crippen molar-refractivity contribution < 1.29 is 27.2 Å². The van der Waals surface area contributed by atoms with Gasteiger partial charge in [0.1, 0.15) is 17.0 Å². The maximum absolute atomic E-state index is 13.2. The third-order valence-electron chi connectivity index (χ3n) is 5.20. The van der Waals surface area contributed by atoms with Crippen LogP contribution in [0.1, 0.15) is 73.7 Å². The van der Waals surface area contributed by atoms with E-state index < -0.39 is 24.2 Å². The van der Waals surface area contributed by atoms with E-state index >= 15 is 0 Å². The molecule has 1 aliphatic rings. The lowest BCUT2D eigenvalue weighted by Gasteiger charge is -2.28. The SMILES string of the molecule is CCCCc1c(OCC(F)(F)F)ccnc1C(=O)N[C@](C)(CC1CC1)c1noc(C)n1. The van der Waals surface area contributed by atoms with Crippen LogP contribution in [0.2, 0.25) is 0 Å². The highest BCUT2D eigenvalue weighted by molar-refractivity contribution is 5.94. The van der Waals surface area contributed by atoms with Crippen molar-refractivity contribution in [3.05, 3.63) is 35.2 Å². The van der Waals surface area contributed by atoms with E-state index in [0.29, 0.717) is 42.5 Å². The van der Waals surface area contributed by atoms with Crippen molar-refractivity contribution in [2.45, 2.75) is 71.0 Å². The van der Waals surface area contributed by atoms with Gasteiger partial charge < -0.3 is 14.6 Å². The third-order valence-corrected chi connectivity index (χ3v) is 5.20. The van der Waals surface area contributed by atoms with Gasteiger partial charge in [0, 0.05) is 18.7 Å². The number of rotatable bonds is 10. The highest BCUT2D eigenvalue weighted by Gasteiger charge is 2.40. The minimum atomic E-state index is -4.48. The van der Waals surface area contributed by atoms with Crippen LogP contribution in [0.3, 0.4) is 0 Å².